The Balaban J connectivity index is 0.000000238. The van der Waals surface area contributed by atoms with Gasteiger partial charge < -0.3 is 10.5 Å². The topological polar surface area (TPSA) is 35.2 Å². The maximum Gasteiger partial charge on any atom is 0.122 e. The van der Waals surface area contributed by atoms with Crippen LogP contribution in [0.1, 0.15) is 49.4 Å². The highest BCUT2D eigenvalue weighted by Gasteiger charge is 2.05. The molecule has 0 bridgehead atoms. The van der Waals surface area contributed by atoms with Crippen molar-refractivity contribution in [3.8, 4) is 5.75 Å². The van der Waals surface area contributed by atoms with Crippen molar-refractivity contribution in [2.75, 3.05) is 7.11 Å². The number of hydrogen-bond donors (Lipinski definition) is 1. The fraction of sp³-hybridized carbons (Fsp3) is 0.429. The lowest BCUT2D eigenvalue weighted by molar-refractivity contribution is 0.408. The molecule has 23 heavy (non-hydrogen) atoms. The van der Waals surface area contributed by atoms with Gasteiger partial charge in [0.15, 0.2) is 0 Å². The molecular weight excluding hydrogens is 282 g/mol. The lowest BCUT2D eigenvalue weighted by atomic mass is 10.0. The summed E-state index contributed by atoms with van der Waals surface area (Å²) >= 11 is 0. The van der Waals surface area contributed by atoms with E-state index in [0.29, 0.717) is 6.54 Å². The first-order valence-electron chi connectivity index (χ1n) is 8.62. The van der Waals surface area contributed by atoms with Crippen LogP contribution in [-0.2, 0) is 25.8 Å². The Morgan fingerprint density at radius 1 is 0.870 bits per heavy atom. The number of benzene rings is 2. The number of methoxy groups -OCH3 is 1. The Kier molecular flexibility index (Phi) is 9.08. The van der Waals surface area contributed by atoms with E-state index < -0.39 is 0 Å². The van der Waals surface area contributed by atoms with Gasteiger partial charge in [-0.3, -0.25) is 0 Å². The SMILES string of the molecule is CCCc1c(CC)cccc1OC.CCc1ccc(CN)cc1. The molecule has 2 aromatic rings. The molecule has 0 radical (unpaired) electrons. The molecule has 2 heteroatoms. The van der Waals surface area contributed by atoms with Gasteiger partial charge in [0, 0.05) is 6.54 Å². The number of ether oxygens (including phenoxy) is 1. The lowest BCUT2D eigenvalue weighted by Crippen LogP contribution is -1.96. The lowest BCUT2D eigenvalue weighted by Gasteiger charge is -2.11. The molecule has 0 aromatic heterocycles. The summed E-state index contributed by atoms with van der Waals surface area (Å²) in [5.41, 5.74) is 10.8. The van der Waals surface area contributed by atoms with E-state index in [9.17, 15) is 0 Å². The molecule has 0 amide bonds. The van der Waals surface area contributed by atoms with Crippen molar-refractivity contribution in [1.82, 2.24) is 0 Å². The van der Waals surface area contributed by atoms with E-state index >= 15 is 0 Å². The molecule has 0 aliphatic rings. The minimum atomic E-state index is 0.643. The van der Waals surface area contributed by atoms with Crippen LogP contribution in [0.4, 0.5) is 0 Å². The zero-order chi connectivity index (χ0) is 17.1. The highest BCUT2D eigenvalue weighted by molar-refractivity contribution is 5.40. The van der Waals surface area contributed by atoms with Gasteiger partial charge in [0.05, 0.1) is 7.11 Å². The Morgan fingerprint density at radius 2 is 1.52 bits per heavy atom. The van der Waals surface area contributed by atoms with Gasteiger partial charge in [-0.05, 0) is 47.6 Å². The Morgan fingerprint density at radius 3 is 2.00 bits per heavy atom. The summed E-state index contributed by atoms with van der Waals surface area (Å²) in [5.74, 6) is 1.04. The molecule has 2 nitrogen and oxygen atoms in total. The van der Waals surface area contributed by atoms with E-state index in [1.807, 2.05) is 6.07 Å². The molecule has 0 aliphatic heterocycles. The summed E-state index contributed by atoms with van der Waals surface area (Å²) < 4.78 is 5.34. The molecule has 0 unspecified atom stereocenters. The zero-order valence-corrected chi connectivity index (χ0v) is 15.1. The first-order chi connectivity index (χ1) is 11.2. The van der Waals surface area contributed by atoms with Gasteiger partial charge in [0.2, 0.25) is 0 Å². The van der Waals surface area contributed by atoms with E-state index in [0.717, 1.165) is 25.0 Å². The molecule has 2 aromatic carbocycles. The van der Waals surface area contributed by atoms with Crippen LogP contribution in [0.25, 0.3) is 0 Å². The number of aryl methyl sites for hydroxylation is 2. The summed E-state index contributed by atoms with van der Waals surface area (Å²) in [6, 6.07) is 14.7. The van der Waals surface area contributed by atoms with Crippen LogP contribution in [0.5, 0.6) is 5.75 Å². The van der Waals surface area contributed by atoms with Crippen molar-refractivity contribution in [2.45, 2.75) is 53.0 Å². The normalized spacial score (nSPS) is 9.96. The molecule has 2 N–H and O–H groups in total. The molecule has 2 rings (SSSR count). The smallest absolute Gasteiger partial charge is 0.122 e. The predicted octanol–water partition coefficient (Wildman–Crippen LogP) is 4.92. The van der Waals surface area contributed by atoms with E-state index in [2.05, 4.69) is 57.2 Å². The van der Waals surface area contributed by atoms with Gasteiger partial charge in [0.1, 0.15) is 5.75 Å². The Bertz CT molecular complexity index is 515. The third kappa shape index (κ3) is 6.07. The van der Waals surface area contributed by atoms with Crippen molar-refractivity contribution in [1.29, 1.82) is 0 Å². The number of hydrogen-bond acceptors (Lipinski definition) is 2. The van der Waals surface area contributed by atoms with E-state index in [-0.39, 0.29) is 0 Å². The first kappa shape index (κ1) is 19.2. The van der Waals surface area contributed by atoms with Crippen LogP contribution < -0.4 is 10.5 Å². The highest BCUT2D eigenvalue weighted by atomic mass is 16.5. The minimum absolute atomic E-state index is 0.643. The molecule has 0 spiro atoms. The van der Waals surface area contributed by atoms with Gasteiger partial charge in [0.25, 0.3) is 0 Å². The van der Waals surface area contributed by atoms with Gasteiger partial charge in [-0.2, -0.15) is 0 Å². The maximum absolute atomic E-state index is 5.44. The average molecular weight is 313 g/mol. The predicted molar refractivity (Wildman–Crippen MR) is 100 cm³/mol. The van der Waals surface area contributed by atoms with Crippen LogP contribution >= 0.6 is 0 Å². The van der Waals surface area contributed by atoms with Gasteiger partial charge in [-0.25, -0.2) is 0 Å². The summed E-state index contributed by atoms with van der Waals surface area (Å²) in [6.07, 6.45) is 4.48. The zero-order valence-electron chi connectivity index (χ0n) is 15.1. The summed E-state index contributed by atoms with van der Waals surface area (Å²) in [7, 11) is 1.74. The molecule has 0 heterocycles. The maximum atomic E-state index is 5.44. The fourth-order valence-electron chi connectivity index (χ4n) is 2.58. The minimum Gasteiger partial charge on any atom is -0.496 e. The van der Waals surface area contributed by atoms with Crippen LogP contribution in [0.2, 0.25) is 0 Å². The summed E-state index contributed by atoms with van der Waals surface area (Å²) in [5, 5.41) is 0. The van der Waals surface area contributed by atoms with Crippen LogP contribution in [0.15, 0.2) is 42.5 Å². The van der Waals surface area contributed by atoms with Crippen molar-refractivity contribution < 1.29 is 4.74 Å². The second-order valence-corrected chi connectivity index (χ2v) is 5.58. The van der Waals surface area contributed by atoms with Crippen molar-refractivity contribution in [3.63, 3.8) is 0 Å². The van der Waals surface area contributed by atoms with Crippen molar-refractivity contribution in [2.24, 2.45) is 5.73 Å². The second-order valence-electron chi connectivity index (χ2n) is 5.58. The first-order valence-corrected chi connectivity index (χ1v) is 8.62. The Labute approximate surface area is 141 Å². The number of rotatable bonds is 6. The third-order valence-electron chi connectivity index (χ3n) is 4.00. The van der Waals surface area contributed by atoms with Crippen molar-refractivity contribution in [3.05, 3.63) is 64.7 Å². The van der Waals surface area contributed by atoms with Gasteiger partial charge in [-0.15, -0.1) is 0 Å². The average Bonchev–Trinajstić information content (AvgIpc) is 2.62. The second kappa shape index (κ2) is 10.8. The summed E-state index contributed by atoms with van der Waals surface area (Å²) in [4.78, 5) is 0. The van der Waals surface area contributed by atoms with Crippen LogP contribution in [0.3, 0.4) is 0 Å². The van der Waals surface area contributed by atoms with Gasteiger partial charge >= 0.3 is 0 Å². The molecular formula is C21H31NO. The molecule has 0 aliphatic carbocycles. The van der Waals surface area contributed by atoms with Crippen molar-refractivity contribution >= 4 is 0 Å². The van der Waals surface area contributed by atoms with E-state index in [1.165, 1.54) is 28.7 Å². The van der Waals surface area contributed by atoms with E-state index in [4.69, 9.17) is 10.5 Å². The molecule has 126 valence electrons. The third-order valence-corrected chi connectivity index (χ3v) is 4.00. The van der Waals surface area contributed by atoms with E-state index in [1.54, 1.807) is 7.11 Å². The van der Waals surface area contributed by atoms with Crippen LogP contribution in [-0.4, -0.2) is 7.11 Å². The monoisotopic (exact) mass is 313 g/mol. The fourth-order valence-corrected chi connectivity index (χ4v) is 2.58. The highest BCUT2D eigenvalue weighted by Crippen LogP contribution is 2.23. The number of nitrogens with two attached hydrogens (primary N) is 1. The summed E-state index contributed by atoms with van der Waals surface area (Å²) in [6.45, 7) is 7.18. The molecule has 0 fully saturated rings. The van der Waals surface area contributed by atoms with Gasteiger partial charge in [-0.1, -0.05) is 63.6 Å². The Hall–Kier alpha value is -1.80. The van der Waals surface area contributed by atoms with Crippen LogP contribution in [0, 0.1) is 0 Å². The standard InChI is InChI=1S/C12H18O.C9H13N/c1-4-7-11-10(5-2)8-6-9-12(11)13-3;1-2-8-3-5-9(7-10)6-4-8/h6,8-9H,4-5,7H2,1-3H3;3-6H,2,7,10H2,1H3. The molecule has 0 saturated carbocycles. The molecule has 0 atom stereocenters. The largest absolute Gasteiger partial charge is 0.496 e. The molecule has 0 saturated heterocycles. The quantitative estimate of drug-likeness (QED) is 0.821.